The number of nitrogens with zero attached hydrogens (tertiary/aromatic N) is 3. The summed E-state index contributed by atoms with van der Waals surface area (Å²) in [6.45, 7) is 6.96. The average Bonchev–Trinajstić information content (AvgIpc) is 2.74. The highest BCUT2D eigenvalue weighted by atomic mass is 16.5. The number of carbonyl (C=O) groups is 2. The quantitative estimate of drug-likeness (QED) is 0.797. The summed E-state index contributed by atoms with van der Waals surface area (Å²) in [5.41, 5.74) is 2.68. The minimum absolute atomic E-state index is 0.133. The van der Waals surface area contributed by atoms with Gasteiger partial charge in [0.1, 0.15) is 0 Å². The number of fused-ring (bicyclic) bond motifs is 1. The summed E-state index contributed by atoms with van der Waals surface area (Å²) in [7, 11) is 0. The lowest BCUT2D eigenvalue weighted by molar-refractivity contribution is -0.137. The smallest absolute Gasteiger partial charge is 0.224 e. The summed E-state index contributed by atoms with van der Waals surface area (Å²) in [5.74, 6) is 0.401. The van der Waals surface area contributed by atoms with Gasteiger partial charge in [-0.25, -0.2) is 0 Å². The average molecular weight is 386 g/mol. The van der Waals surface area contributed by atoms with Crippen LogP contribution in [0.4, 0.5) is 0 Å². The third-order valence-electron chi connectivity index (χ3n) is 6.56. The SMILES string of the molecule is CC(=O)N1CCC(N2CCc3ccccc3C2CC(=O)N2CCOCC2)CC1. The van der Waals surface area contributed by atoms with E-state index in [1.165, 1.54) is 11.1 Å². The highest BCUT2D eigenvalue weighted by molar-refractivity contribution is 5.77. The third kappa shape index (κ3) is 4.08. The molecule has 28 heavy (non-hydrogen) atoms. The monoisotopic (exact) mass is 385 g/mol. The van der Waals surface area contributed by atoms with Gasteiger partial charge in [0.15, 0.2) is 0 Å². The molecule has 2 amide bonds. The molecule has 3 heterocycles. The Labute approximate surface area is 167 Å². The molecule has 0 N–H and O–H groups in total. The molecule has 0 radical (unpaired) electrons. The maximum Gasteiger partial charge on any atom is 0.224 e. The van der Waals surface area contributed by atoms with Gasteiger partial charge in [-0.1, -0.05) is 24.3 Å². The molecule has 3 aliphatic rings. The largest absolute Gasteiger partial charge is 0.378 e. The van der Waals surface area contributed by atoms with Gasteiger partial charge in [-0.2, -0.15) is 0 Å². The number of ether oxygens (including phenoxy) is 1. The minimum Gasteiger partial charge on any atom is -0.378 e. The molecule has 3 aliphatic heterocycles. The first-order valence-corrected chi connectivity index (χ1v) is 10.6. The highest BCUT2D eigenvalue weighted by Gasteiger charge is 2.36. The van der Waals surface area contributed by atoms with Crippen LogP contribution in [0.2, 0.25) is 0 Å². The van der Waals surface area contributed by atoms with Crippen LogP contribution in [0, 0.1) is 0 Å². The van der Waals surface area contributed by atoms with E-state index in [1.54, 1.807) is 6.92 Å². The van der Waals surface area contributed by atoms with Crippen molar-refractivity contribution < 1.29 is 14.3 Å². The molecular weight excluding hydrogens is 354 g/mol. The fourth-order valence-electron chi connectivity index (χ4n) is 4.95. The molecule has 6 nitrogen and oxygen atoms in total. The molecule has 1 aromatic carbocycles. The lowest BCUT2D eigenvalue weighted by Gasteiger charge is -2.45. The molecule has 0 saturated carbocycles. The van der Waals surface area contributed by atoms with Gasteiger partial charge in [0.05, 0.1) is 13.2 Å². The first-order valence-electron chi connectivity index (χ1n) is 10.6. The Balaban J connectivity index is 1.51. The maximum atomic E-state index is 13.0. The highest BCUT2D eigenvalue weighted by Crippen LogP contribution is 2.36. The Morgan fingerprint density at radius 1 is 1.00 bits per heavy atom. The zero-order valence-corrected chi connectivity index (χ0v) is 16.8. The van der Waals surface area contributed by atoms with Crippen molar-refractivity contribution in [3.8, 4) is 0 Å². The van der Waals surface area contributed by atoms with Gasteiger partial charge >= 0.3 is 0 Å². The molecule has 152 valence electrons. The first kappa shape index (κ1) is 19.4. The second kappa shape index (κ2) is 8.62. The number of benzene rings is 1. The Bertz CT molecular complexity index is 709. The maximum absolute atomic E-state index is 13.0. The molecule has 1 atom stereocenters. The number of morpholine rings is 1. The van der Waals surface area contributed by atoms with Crippen LogP contribution in [0.5, 0.6) is 0 Å². The van der Waals surface area contributed by atoms with Gasteiger partial charge in [-0.05, 0) is 30.4 Å². The number of likely N-dealkylation sites (tertiary alicyclic amines) is 1. The number of hydrogen-bond acceptors (Lipinski definition) is 4. The van der Waals surface area contributed by atoms with E-state index in [9.17, 15) is 9.59 Å². The van der Waals surface area contributed by atoms with Gasteiger partial charge in [0.25, 0.3) is 0 Å². The van der Waals surface area contributed by atoms with Crippen molar-refractivity contribution in [3.05, 3.63) is 35.4 Å². The van der Waals surface area contributed by atoms with Crippen molar-refractivity contribution in [2.45, 2.75) is 44.7 Å². The van der Waals surface area contributed by atoms with Crippen LogP contribution in [0.3, 0.4) is 0 Å². The number of piperidine rings is 1. The van der Waals surface area contributed by atoms with Crippen molar-refractivity contribution in [2.24, 2.45) is 0 Å². The second-order valence-electron chi connectivity index (χ2n) is 8.14. The topological polar surface area (TPSA) is 53.1 Å². The van der Waals surface area contributed by atoms with Crippen molar-refractivity contribution in [1.82, 2.24) is 14.7 Å². The molecule has 0 spiro atoms. The summed E-state index contributed by atoms with van der Waals surface area (Å²) in [6.07, 6.45) is 3.54. The fourth-order valence-corrected chi connectivity index (χ4v) is 4.95. The van der Waals surface area contributed by atoms with Crippen LogP contribution in [-0.4, -0.2) is 78.5 Å². The third-order valence-corrected chi connectivity index (χ3v) is 6.56. The van der Waals surface area contributed by atoms with E-state index in [1.807, 2.05) is 9.80 Å². The Morgan fingerprint density at radius 3 is 2.43 bits per heavy atom. The number of hydrogen-bond donors (Lipinski definition) is 0. The molecule has 6 heteroatoms. The normalized spacial score (nSPS) is 24.1. The molecule has 2 saturated heterocycles. The van der Waals surface area contributed by atoms with Crippen LogP contribution in [0.15, 0.2) is 24.3 Å². The van der Waals surface area contributed by atoms with Crippen LogP contribution in [0.1, 0.15) is 43.4 Å². The summed E-state index contributed by atoms with van der Waals surface area (Å²) >= 11 is 0. The van der Waals surface area contributed by atoms with Crippen LogP contribution >= 0.6 is 0 Å². The lowest BCUT2D eigenvalue weighted by atomic mass is 9.87. The van der Waals surface area contributed by atoms with E-state index in [0.717, 1.165) is 38.9 Å². The molecular formula is C22H31N3O3. The van der Waals surface area contributed by atoms with Gasteiger partial charge in [0, 0.05) is 58.2 Å². The molecule has 4 rings (SSSR count). The van der Waals surface area contributed by atoms with Crippen molar-refractivity contribution in [2.75, 3.05) is 45.9 Å². The van der Waals surface area contributed by atoms with Gasteiger partial charge in [-0.15, -0.1) is 0 Å². The van der Waals surface area contributed by atoms with Crippen molar-refractivity contribution in [3.63, 3.8) is 0 Å². The van der Waals surface area contributed by atoms with Crippen LogP contribution in [-0.2, 0) is 20.7 Å². The summed E-state index contributed by atoms with van der Waals surface area (Å²) in [4.78, 5) is 31.2. The summed E-state index contributed by atoms with van der Waals surface area (Å²) < 4.78 is 5.41. The van der Waals surface area contributed by atoms with E-state index in [2.05, 4.69) is 29.2 Å². The Hall–Kier alpha value is -1.92. The fraction of sp³-hybridized carbons (Fsp3) is 0.636. The molecule has 0 aliphatic carbocycles. The minimum atomic E-state index is 0.133. The molecule has 0 bridgehead atoms. The van der Waals surface area contributed by atoms with E-state index in [4.69, 9.17) is 4.74 Å². The number of amides is 2. The van der Waals surface area contributed by atoms with Gasteiger partial charge in [-0.3, -0.25) is 14.5 Å². The zero-order chi connectivity index (χ0) is 19.5. The lowest BCUT2D eigenvalue weighted by Crippen LogP contribution is -2.50. The van der Waals surface area contributed by atoms with E-state index >= 15 is 0 Å². The van der Waals surface area contributed by atoms with Crippen molar-refractivity contribution >= 4 is 11.8 Å². The second-order valence-corrected chi connectivity index (χ2v) is 8.14. The van der Waals surface area contributed by atoms with Gasteiger partial charge in [0.2, 0.25) is 11.8 Å². The van der Waals surface area contributed by atoms with E-state index in [-0.39, 0.29) is 17.9 Å². The number of carbonyl (C=O) groups excluding carboxylic acids is 2. The predicted octanol–water partition coefficient (Wildman–Crippen LogP) is 1.85. The van der Waals surface area contributed by atoms with Gasteiger partial charge < -0.3 is 14.5 Å². The zero-order valence-electron chi connectivity index (χ0n) is 16.8. The first-order chi connectivity index (χ1) is 13.6. The molecule has 0 aromatic heterocycles. The van der Waals surface area contributed by atoms with E-state index in [0.29, 0.717) is 38.8 Å². The van der Waals surface area contributed by atoms with Crippen LogP contribution in [0.25, 0.3) is 0 Å². The van der Waals surface area contributed by atoms with E-state index < -0.39 is 0 Å². The summed E-state index contributed by atoms with van der Waals surface area (Å²) in [6, 6.07) is 9.16. The van der Waals surface area contributed by atoms with Crippen LogP contribution < -0.4 is 0 Å². The molecule has 2 fully saturated rings. The molecule has 1 aromatic rings. The summed E-state index contributed by atoms with van der Waals surface area (Å²) in [5, 5.41) is 0. The predicted molar refractivity (Wildman–Crippen MR) is 107 cm³/mol. The Kier molecular flexibility index (Phi) is 5.97. The molecule has 1 unspecified atom stereocenters. The standard InChI is InChI=1S/C22H31N3O3/c1-17(26)23-9-7-19(8-10-23)25-11-6-18-4-2-3-5-20(18)21(25)16-22(27)24-12-14-28-15-13-24/h2-5,19,21H,6-16H2,1H3. The Morgan fingerprint density at radius 2 is 1.71 bits per heavy atom. The van der Waals surface area contributed by atoms with Crippen molar-refractivity contribution in [1.29, 1.82) is 0 Å². The number of rotatable bonds is 3.